The summed E-state index contributed by atoms with van der Waals surface area (Å²) < 4.78 is 41.5. The lowest BCUT2D eigenvalue weighted by atomic mass is 10.0. The number of carbonyl (C=O) groups is 1. The molecule has 3 aromatic heterocycles. The zero-order chi connectivity index (χ0) is 36.4. The van der Waals surface area contributed by atoms with E-state index in [-0.39, 0.29) is 22.9 Å². The van der Waals surface area contributed by atoms with Crippen LogP contribution in [0.25, 0.3) is 21.1 Å². The van der Waals surface area contributed by atoms with Gasteiger partial charge in [-0.3, -0.25) is 19.5 Å². The van der Waals surface area contributed by atoms with Gasteiger partial charge in [0.05, 0.1) is 18.4 Å². The molecule has 6 rings (SSSR count). The summed E-state index contributed by atoms with van der Waals surface area (Å²) in [6, 6.07) is 10.8. The molecule has 1 N–H and O–H groups in total. The van der Waals surface area contributed by atoms with Crippen molar-refractivity contribution in [3.8, 4) is 6.07 Å². The van der Waals surface area contributed by atoms with Gasteiger partial charge in [0.25, 0.3) is 0 Å². The minimum absolute atomic E-state index is 0.125. The summed E-state index contributed by atoms with van der Waals surface area (Å²) in [6.07, 6.45) is -2.84. The fraction of sp³-hybridized carbons (Fsp3) is 0.568. The summed E-state index contributed by atoms with van der Waals surface area (Å²) in [7, 11) is 3.58. The molecule has 1 amide bonds. The van der Waals surface area contributed by atoms with Gasteiger partial charge in [0.1, 0.15) is 28.2 Å². The van der Waals surface area contributed by atoms with Crippen molar-refractivity contribution in [2.75, 3.05) is 65.2 Å². The maximum Gasteiger partial charge on any atom is 0.393 e. The molecule has 51 heavy (non-hydrogen) atoms. The van der Waals surface area contributed by atoms with Crippen LogP contribution in [0.5, 0.6) is 0 Å². The molecule has 10 nitrogen and oxygen atoms in total. The Labute approximate surface area is 301 Å². The molecule has 0 unspecified atom stereocenters. The van der Waals surface area contributed by atoms with Gasteiger partial charge in [0.15, 0.2) is 0 Å². The van der Waals surface area contributed by atoms with Crippen molar-refractivity contribution in [3.63, 3.8) is 0 Å². The number of benzene rings is 1. The van der Waals surface area contributed by atoms with Gasteiger partial charge in [-0.15, -0.1) is 11.3 Å². The van der Waals surface area contributed by atoms with Crippen LogP contribution >= 0.6 is 11.3 Å². The molecule has 5 heterocycles. The number of amides is 1. The monoisotopic (exact) mass is 723 g/mol. The van der Waals surface area contributed by atoms with Crippen molar-refractivity contribution in [3.05, 3.63) is 51.8 Å². The zero-order valence-corrected chi connectivity index (χ0v) is 31.0. The smallest absolute Gasteiger partial charge is 0.367 e. The number of likely N-dealkylation sites (N-methyl/N-ethyl adjacent to an activating group) is 1. The van der Waals surface area contributed by atoms with Crippen molar-refractivity contribution < 1.29 is 18.0 Å². The van der Waals surface area contributed by atoms with Gasteiger partial charge in [0, 0.05) is 101 Å². The number of piperazine rings is 1. The molecule has 274 valence electrons. The minimum Gasteiger partial charge on any atom is -0.367 e. The number of nitrogens with one attached hydrogen (secondary N) is 1. The van der Waals surface area contributed by atoms with Gasteiger partial charge in [-0.1, -0.05) is 13.0 Å². The fourth-order valence-electron chi connectivity index (χ4n) is 7.29. The standard InChI is InChI=1S/C37H48F3N9OS/c1-6-33-43-35(31-18-29(19-37(38,39)40)51-36(31)44-33)42-27-9-11-46(12-10-27)22-26-7-8-32-30(25(26)3)17-28(20-41)49(32)21-24(2)48-15-13-47(14-16-48)23-34(50)45(4)5/h7-8,17-18,24,27H,6,9-16,19,21-23H2,1-5H3,(H,42,43,44)/t24-/m0/s1. The van der Waals surface area contributed by atoms with E-state index in [4.69, 9.17) is 0 Å². The molecular weight excluding hydrogens is 676 g/mol. The Bertz CT molecular complexity index is 1900. The molecule has 0 saturated carbocycles. The van der Waals surface area contributed by atoms with Gasteiger partial charge < -0.3 is 14.8 Å². The van der Waals surface area contributed by atoms with E-state index in [1.165, 1.54) is 11.1 Å². The Hall–Kier alpha value is -3.77. The first-order chi connectivity index (χ1) is 24.3. The Morgan fingerprint density at radius 1 is 1.08 bits per heavy atom. The number of hydrogen-bond donors (Lipinski definition) is 1. The molecule has 2 fully saturated rings. The molecule has 2 saturated heterocycles. The van der Waals surface area contributed by atoms with Crippen molar-refractivity contribution in [2.24, 2.45) is 0 Å². The number of carbonyl (C=O) groups excluding carboxylic acids is 1. The summed E-state index contributed by atoms with van der Waals surface area (Å²) >= 11 is 1.10. The van der Waals surface area contributed by atoms with E-state index in [1.54, 1.807) is 25.1 Å². The summed E-state index contributed by atoms with van der Waals surface area (Å²) in [5.74, 6) is 1.39. The average Bonchev–Trinajstić information content (AvgIpc) is 3.66. The number of aryl methyl sites for hydroxylation is 2. The van der Waals surface area contributed by atoms with E-state index in [0.29, 0.717) is 40.5 Å². The third-order valence-electron chi connectivity index (χ3n) is 10.4. The number of nitriles is 1. The lowest BCUT2D eigenvalue weighted by Crippen LogP contribution is -2.52. The molecule has 14 heteroatoms. The summed E-state index contributed by atoms with van der Waals surface area (Å²) in [5.41, 5.74) is 4.18. The van der Waals surface area contributed by atoms with Crippen LogP contribution in [-0.2, 0) is 30.7 Å². The van der Waals surface area contributed by atoms with Gasteiger partial charge in [-0.2, -0.15) is 18.4 Å². The second kappa shape index (κ2) is 15.5. The second-order valence-corrected chi connectivity index (χ2v) is 15.4. The molecular formula is C37H48F3N9OS. The first-order valence-electron chi connectivity index (χ1n) is 17.8. The lowest BCUT2D eigenvalue weighted by Gasteiger charge is -2.38. The minimum atomic E-state index is -4.27. The third-order valence-corrected chi connectivity index (χ3v) is 11.4. The highest BCUT2D eigenvalue weighted by atomic mass is 32.1. The predicted molar refractivity (Wildman–Crippen MR) is 196 cm³/mol. The Kier molecular flexibility index (Phi) is 11.2. The van der Waals surface area contributed by atoms with E-state index in [0.717, 1.165) is 87.4 Å². The molecule has 0 radical (unpaired) electrons. The van der Waals surface area contributed by atoms with E-state index < -0.39 is 12.6 Å². The van der Waals surface area contributed by atoms with Crippen molar-refractivity contribution in [2.45, 2.75) is 77.8 Å². The second-order valence-electron chi connectivity index (χ2n) is 14.2. The number of hydrogen-bond acceptors (Lipinski definition) is 9. The van der Waals surface area contributed by atoms with Gasteiger partial charge >= 0.3 is 6.18 Å². The SMILES string of the molecule is CCc1nc(NC2CCN(Cc3ccc4c(cc(C#N)n4C[C@H](C)N4CCN(CC(=O)N(C)C)CC4)c3C)CC2)c2cc(CC(F)(F)F)sc2n1. The summed E-state index contributed by atoms with van der Waals surface area (Å²) in [4.78, 5) is 30.9. The third kappa shape index (κ3) is 8.65. The van der Waals surface area contributed by atoms with Crippen molar-refractivity contribution >= 4 is 44.2 Å². The topological polar surface area (TPSA) is 96.6 Å². The Morgan fingerprint density at radius 3 is 2.45 bits per heavy atom. The highest BCUT2D eigenvalue weighted by molar-refractivity contribution is 7.18. The molecule has 2 aliphatic heterocycles. The number of piperidine rings is 1. The van der Waals surface area contributed by atoms with Gasteiger partial charge in [-0.25, -0.2) is 9.97 Å². The number of aromatic nitrogens is 3. The highest BCUT2D eigenvalue weighted by Gasteiger charge is 2.30. The number of anilines is 1. The molecule has 1 aromatic carbocycles. The van der Waals surface area contributed by atoms with Crippen molar-refractivity contribution in [1.29, 1.82) is 5.26 Å². The predicted octanol–water partition coefficient (Wildman–Crippen LogP) is 5.66. The lowest BCUT2D eigenvalue weighted by molar-refractivity contribution is -0.130. The average molecular weight is 724 g/mol. The number of nitrogens with zero attached hydrogens (tertiary/aromatic N) is 8. The molecule has 0 bridgehead atoms. The number of rotatable bonds is 11. The normalized spacial score (nSPS) is 17.6. The van der Waals surface area contributed by atoms with Crippen LogP contribution in [0.4, 0.5) is 19.0 Å². The van der Waals surface area contributed by atoms with Crippen LogP contribution in [0, 0.1) is 18.3 Å². The van der Waals surface area contributed by atoms with E-state index >= 15 is 0 Å². The van der Waals surface area contributed by atoms with Crippen molar-refractivity contribution in [1.82, 2.24) is 34.1 Å². The highest BCUT2D eigenvalue weighted by Crippen LogP contribution is 2.34. The first kappa shape index (κ1) is 37.0. The van der Waals surface area contributed by atoms with Crippen LogP contribution in [0.15, 0.2) is 24.3 Å². The van der Waals surface area contributed by atoms with Crippen LogP contribution in [0.3, 0.4) is 0 Å². The number of likely N-dealkylation sites (tertiary alicyclic amines) is 1. The maximum absolute atomic E-state index is 13.1. The first-order valence-corrected chi connectivity index (χ1v) is 18.7. The van der Waals surface area contributed by atoms with Gasteiger partial charge in [-0.05, 0) is 56.0 Å². The largest absolute Gasteiger partial charge is 0.393 e. The molecule has 0 aliphatic carbocycles. The quantitative estimate of drug-likeness (QED) is 0.212. The van der Waals surface area contributed by atoms with Crippen LogP contribution in [-0.4, -0.2) is 118 Å². The Balaban J connectivity index is 1.08. The molecule has 0 spiro atoms. The van der Waals surface area contributed by atoms with E-state index in [1.807, 2.05) is 13.0 Å². The molecule has 2 aliphatic rings. The van der Waals surface area contributed by atoms with Crippen LogP contribution in [0.2, 0.25) is 0 Å². The van der Waals surface area contributed by atoms with Gasteiger partial charge in [0.2, 0.25) is 5.91 Å². The Morgan fingerprint density at radius 2 is 1.80 bits per heavy atom. The fourth-order valence-corrected chi connectivity index (χ4v) is 8.37. The number of thiophene rings is 1. The van der Waals surface area contributed by atoms with Crippen LogP contribution in [0.1, 0.15) is 54.2 Å². The molecule has 4 aromatic rings. The summed E-state index contributed by atoms with van der Waals surface area (Å²) in [6.45, 7) is 13.5. The maximum atomic E-state index is 13.1. The van der Waals surface area contributed by atoms with Crippen LogP contribution < -0.4 is 5.32 Å². The number of halogens is 3. The molecule has 1 atom stereocenters. The zero-order valence-electron chi connectivity index (χ0n) is 30.2. The number of alkyl halides is 3. The van der Waals surface area contributed by atoms with E-state index in [9.17, 15) is 23.2 Å². The van der Waals surface area contributed by atoms with E-state index in [2.05, 4.69) is 66.6 Å². The number of fused-ring (bicyclic) bond motifs is 2. The summed E-state index contributed by atoms with van der Waals surface area (Å²) in [5, 5.41) is 15.4.